The first-order chi connectivity index (χ1) is 13.7. The summed E-state index contributed by atoms with van der Waals surface area (Å²) in [6, 6.07) is 5.40. The minimum atomic E-state index is -2.18. The lowest BCUT2D eigenvalue weighted by atomic mass is 10.0. The van der Waals surface area contributed by atoms with Gasteiger partial charge in [-0.25, -0.2) is 22.0 Å². The molecule has 2 aromatic carbocycles. The Morgan fingerprint density at radius 1 is 1.00 bits per heavy atom. The number of benzene rings is 2. The fourth-order valence-electron chi connectivity index (χ4n) is 4.08. The summed E-state index contributed by atoms with van der Waals surface area (Å²) in [5, 5.41) is 0.884. The molecule has 0 saturated heterocycles. The minimum absolute atomic E-state index is 0.152. The number of aryl methyl sites for hydroxylation is 1. The summed E-state index contributed by atoms with van der Waals surface area (Å²) in [5.74, 6) is -9.95. The average Bonchev–Trinajstić information content (AvgIpc) is 3.02. The van der Waals surface area contributed by atoms with Crippen molar-refractivity contribution < 1.29 is 26.7 Å². The maximum absolute atomic E-state index is 14.3. The lowest BCUT2D eigenvalue weighted by Gasteiger charge is -2.27. The van der Waals surface area contributed by atoms with E-state index < -0.39 is 41.2 Å². The maximum atomic E-state index is 14.3. The van der Waals surface area contributed by atoms with Gasteiger partial charge in [0.05, 0.1) is 13.1 Å². The van der Waals surface area contributed by atoms with Crippen molar-refractivity contribution in [1.29, 1.82) is 0 Å². The predicted octanol–water partition coefficient (Wildman–Crippen LogP) is 4.60. The Hall–Kier alpha value is -2.90. The van der Waals surface area contributed by atoms with Crippen LogP contribution >= 0.6 is 0 Å². The van der Waals surface area contributed by atoms with Gasteiger partial charge in [-0.2, -0.15) is 0 Å². The lowest BCUT2D eigenvalue weighted by Crippen LogP contribution is -2.35. The number of fused-ring (bicyclic) bond motifs is 3. The van der Waals surface area contributed by atoms with E-state index >= 15 is 0 Å². The third-order valence-electron chi connectivity index (χ3n) is 5.55. The summed E-state index contributed by atoms with van der Waals surface area (Å²) in [6.07, 6.45) is 0.542. The molecule has 0 unspecified atom stereocenters. The van der Waals surface area contributed by atoms with Crippen LogP contribution < -0.4 is 0 Å². The topological polar surface area (TPSA) is 25.2 Å². The van der Waals surface area contributed by atoms with Gasteiger partial charge in [0.25, 0.3) is 0 Å². The van der Waals surface area contributed by atoms with Crippen LogP contribution in [0.2, 0.25) is 0 Å². The van der Waals surface area contributed by atoms with E-state index in [1.165, 1.54) is 6.92 Å². The molecule has 1 aliphatic heterocycles. The zero-order valence-electron chi connectivity index (χ0n) is 15.8. The van der Waals surface area contributed by atoms with Crippen LogP contribution in [-0.4, -0.2) is 21.9 Å². The van der Waals surface area contributed by atoms with Crippen molar-refractivity contribution >= 4 is 16.8 Å². The van der Waals surface area contributed by atoms with Crippen molar-refractivity contribution in [1.82, 2.24) is 9.47 Å². The first kappa shape index (κ1) is 19.4. The van der Waals surface area contributed by atoms with Gasteiger partial charge in [0, 0.05) is 35.6 Å². The Morgan fingerprint density at radius 2 is 1.62 bits per heavy atom. The highest BCUT2D eigenvalue weighted by Crippen LogP contribution is 2.34. The number of rotatable bonds is 2. The molecule has 1 aromatic heterocycles. The van der Waals surface area contributed by atoms with Crippen LogP contribution in [0.3, 0.4) is 0 Å². The predicted molar refractivity (Wildman–Crippen MR) is 96.8 cm³/mol. The molecule has 0 atom stereocenters. The number of hydrogen-bond acceptors (Lipinski definition) is 1. The van der Waals surface area contributed by atoms with Gasteiger partial charge in [0.2, 0.25) is 11.7 Å². The first-order valence-electron chi connectivity index (χ1n) is 9.07. The number of amides is 1. The normalized spacial score (nSPS) is 13.8. The molecule has 0 spiro atoms. The molecule has 1 aliphatic rings. The summed E-state index contributed by atoms with van der Waals surface area (Å²) in [5.41, 5.74) is 2.23. The van der Waals surface area contributed by atoms with E-state index in [2.05, 4.69) is 0 Å². The van der Waals surface area contributed by atoms with Crippen LogP contribution in [0, 0.1) is 36.0 Å². The fraction of sp³-hybridized carbons (Fsp3) is 0.286. The van der Waals surface area contributed by atoms with Crippen molar-refractivity contribution in [2.75, 3.05) is 6.54 Å². The van der Waals surface area contributed by atoms with E-state index in [9.17, 15) is 26.7 Å². The minimum Gasteiger partial charge on any atom is -0.338 e. The second-order valence-corrected chi connectivity index (χ2v) is 7.22. The Morgan fingerprint density at radius 3 is 2.24 bits per heavy atom. The van der Waals surface area contributed by atoms with Crippen molar-refractivity contribution in [3.05, 3.63) is 69.7 Å². The second-order valence-electron chi connectivity index (χ2n) is 7.22. The molecule has 152 valence electrons. The Kier molecular flexibility index (Phi) is 4.59. The van der Waals surface area contributed by atoms with Gasteiger partial charge in [-0.05, 0) is 30.5 Å². The molecule has 0 bridgehead atoms. The number of carbonyl (C=O) groups is 1. The molecule has 0 radical (unpaired) electrons. The smallest absolute Gasteiger partial charge is 0.219 e. The van der Waals surface area contributed by atoms with Gasteiger partial charge in [-0.3, -0.25) is 4.79 Å². The Bertz CT molecular complexity index is 1140. The van der Waals surface area contributed by atoms with Gasteiger partial charge in [0.15, 0.2) is 23.3 Å². The molecule has 0 saturated carbocycles. The highest BCUT2D eigenvalue weighted by molar-refractivity contribution is 5.89. The maximum Gasteiger partial charge on any atom is 0.219 e. The Balaban J connectivity index is 1.95. The molecule has 1 amide bonds. The number of nitrogens with zero attached hydrogens (tertiary/aromatic N) is 2. The quantitative estimate of drug-likeness (QED) is 0.346. The summed E-state index contributed by atoms with van der Waals surface area (Å²) in [7, 11) is 0. The van der Waals surface area contributed by atoms with Gasteiger partial charge >= 0.3 is 0 Å². The molecule has 2 heterocycles. The number of hydrogen-bond donors (Lipinski definition) is 0. The van der Waals surface area contributed by atoms with Crippen molar-refractivity contribution in [2.24, 2.45) is 0 Å². The van der Waals surface area contributed by atoms with E-state index in [0.29, 0.717) is 24.2 Å². The van der Waals surface area contributed by atoms with Crippen LogP contribution in [0.15, 0.2) is 18.2 Å². The summed E-state index contributed by atoms with van der Waals surface area (Å²) < 4.78 is 71.0. The van der Waals surface area contributed by atoms with E-state index in [-0.39, 0.29) is 12.5 Å². The summed E-state index contributed by atoms with van der Waals surface area (Å²) in [6.45, 7) is 3.48. The molecule has 0 aliphatic carbocycles. The molecule has 3 aromatic rings. The van der Waals surface area contributed by atoms with E-state index in [0.717, 1.165) is 16.5 Å². The molecule has 3 nitrogen and oxygen atoms in total. The van der Waals surface area contributed by atoms with Crippen LogP contribution in [0.5, 0.6) is 0 Å². The van der Waals surface area contributed by atoms with Crippen molar-refractivity contribution in [3.8, 4) is 0 Å². The van der Waals surface area contributed by atoms with Gasteiger partial charge in [-0.1, -0.05) is 12.1 Å². The highest BCUT2D eigenvalue weighted by atomic mass is 19.2. The second kappa shape index (κ2) is 6.86. The van der Waals surface area contributed by atoms with Gasteiger partial charge < -0.3 is 9.47 Å². The molecule has 0 fully saturated rings. The van der Waals surface area contributed by atoms with Crippen LogP contribution in [0.25, 0.3) is 10.9 Å². The number of carbonyl (C=O) groups excluding carboxylic acids is 1. The van der Waals surface area contributed by atoms with E-state index in [4.69, 9.17) is 0 Å². The van der Waals surface area contributed by atoms with Crippen molar-refractivity contribution in [2.45, 2.75) is 33.4 Å². The van der Waals surface area contributed by atoms with Crippen LogP contribution in [-0.2, 0) is 24.3 Å². The molecular formula is C21H17F5N2O. The van der Waals surface area contributed by atoms with E-state index in [1.807, 2.05) is 13.0 Å². The number of aromatic nitrogens is 1. The number of halogens is 5. The van der Waals surface area contributed by atoms with Crippen LogP contribution in [0.4, 0.5) is 22.0 Å². The van der Waals surface area contributed by atoms with Gasteiger partial charge in [-0.15, -0.1) is 0 Å². The largest absolute Gasteiger partial charge is 0.338 e. The Labute approximate surface area is 163 Å². The molecule has 29 heavy (non-hydrogen) atoms. The van der Waals surface area contributed by atoms with Crippen molar-refractivity contribution in [3.63, 3.8) is 0 Å². The summed E-state index contributed by atoms with van der Waals surface area (Å²) in [4.78, 5) is 13.4. The lowest BCUT2D eigenvalue weighted by molar-refractivity contribution is -0.129. The van der Waals surface area contributed by atoms with Gasteiger partial charge in [0.1, 0.15) is 0 Å². The standard InChI is InChI=1S/C21H17F5N2O/c1-10-4-3-5-14-16(10)12-6-7-27(11(2)29)9-15(12)28(14)8-13-17(22)19(24)21(26)20(25)18(13)23/h3-5H,6-9H2,1-2H3. The fourth-order valence-corrected chi connectivity index (χ4v) is 4.08. The average molecular weight is 408 g/mol. The molecular weight excluding hydrogens is 391 g/mol. The third-order valence-corrected chi connectivity index (χ3v) is 5.55. The zero-order chi connectivity index (χ0) is 21.0. The SMILES string of the molecule is CC(=O)N1CCc2c(n(Cc3c(F)c(F)c(F)c(F)c3F)c3cccc(C)c23)C1. The zero-order valence-corrected chi connectivity index (χ0v) is 15.8. The molecule has 4 rings (SSSR count). The monoisotopic (exact) mass is 408 g/mol. The third kappa shape index (κ3) is 2.89. The van der Waals surface area contributed by atoms with Crippen LogP contribution in [0.1, 0.15) is 29.3 Å². The molecule has 0 N–H and O–H groups in total. The highest BCUT2D eigenvalue weighted by Gasteiger charge is 2.30. The summed E-state index contributed by atoms with van der Waals surface area (Å²) >= 11 is 0. The van der Waals surface area contributed by atoms with E-state index in [1.54, 1.807) is 21.6 Å². The first-order valence-corrected chi connectivity index (χ1v) is 9.07. The molecule has 8 heteroatoms.